The smallest absolute Gasteiger partial charge is 0.252 e. The number of rotatable bonds is 3. The van der Waals surface area contributed by atoms with Gasteiger partial charge in [0.2, 0.25) is 0 Å². The molecular formula is C17H23BrN2O2. The summed E-state index contributed by atoms with van der Waals surface area (Å²) in [7, 11) is 1.61. The van der Waals surface area contributed by atoms with Crippen molar-refractivity contribution in [3.8, 4) is 5.75 Å². The van der Waals surface area contributed by atoms with Crippen LogP contribution in [-0.4, -0.2) is 25.1 Å². The van der Waals surface area contributed by atoms with E-state index in [-0.39, 0.29) is 11.9 Å². The molecule has 120 valence electrons. The summed E-state index contributed by atoms with van der Waals surface area (Å²) in [6.45, 7) is 0. The van der Waals surface area contributed by atoms with Crippen molar-refractivity contribution in [3.63, 3.8) is 0 Å². The Labute approximate surface area is 139 Å². The highest BCUT2D eigenvalue weighted by Crippen LogP contribution is 2.40. The molecule has 2 atom stereocenters. The average molecular weight is 367 g/mol. The largest absolute Gasteiger partial charge is 0.497 e. The Hall–Kier alpha value is -1.07. The highest BCUT2D eigenvalue weighted by atomic mass is 79.9. The Kier molecular flexibility index (Phi) is 4.73. The fraction of sp³-hybridized carbons (Fsp3) is 0.588. The Morgan fingerprint density at radius 3 is 2.64 bits per heavy atom. The van der Waals surface area contributed by atoms with Gasteiger partial charge in [0, 0.05) is 16.6 Å². The molecule has 1 aromatic carbocycles. The van der Waals surface area contributed by atoms with Gasteiger partial charge in [-0.2, -0.15) is 0 Å². The Balaban J connectivity index is 1.76. The summed E-state index contributed by atoms with van der Waals surface area (Å²) in [4.78, 5) is 12.7. The van der Waals surface area contributed by atoms with E-state index in [1.807, 2.05) is 12.1 Å². The predicted molar refractivity (Wildman–Crippen MR) is 90.0 cm³/mol. The van der Waals surface area contributed by atoms with E-state index in [9.17, 15) is 4.79 Å². The van der Waals surface area contributed by atoms with E-state index >= 15 is 0 Å². The second-order valence-corrected chi connectivity index (χ2v) is 7.38. The third kappa shape index (κ3) is 3.15. The van der Waals surface area contributed by atoms with E-state index in [0.717, 1.165) is 17.3 Å². The van der Waals surface area contributed by atoms with E-state index in [0.29, 0.717) is 29.2 Å². The van der Waals surface area contributed by atoms with Gasteiger partial charge in [0.05, 0.1) is 12.7 Å². The monoisotopic (exact) mass is 366 g/mol. The van der Waals surface area contributed by atoms with E-state index in [1.54, 1.807) is 13.2 Å². The van der Waals surface area contributed by atoms with Gasteiger partial charge in [-0.3, -0.25) is 4.79 Å². The molecule has 3 rings (SSSR count). The Morgan fingerprint density at radius 1 is 1.32 bits per heavy atom. The van der Waals surface area contributed by atoms with Gasteiger partial charge in [-0.25, -0.2) is 0 Å². The lowest BCUT2D eigenvalue weighted by Crippen LogP contribution is -2.53. The molecule has 22 heavy (non-hydrogen) atoms. The molecule has 3 N–H and O–H groups in total. The maximum atomic E-state index is 12.7. The molecule has 0 radical (unpaired) electrons. The lowest BCUT2D eigenvalue weighted by Gasteiger charge is -2.45. The molecule has 1 aromatic rings. The number of ether oxygens (including phenoxy) is 1. The van der Waals surface area contributed by atoms with Crippen molar-refractivity contribution < 1.29 is 9.53 Å². The molecule has 2 bridgehead atoms. The molecule has 2 fully saturated rings. The van der Waals surface area contributed by atoms with Gasteiger partial charge in [-0.1, -0.05) is 6.42 Å². The molecule has 0 aliphatic heterocycles. The molecule has 2 unspecified atom stereocenters. The number of carbonyl (C=O) groups excluding carboxylic acids is 1. The first-order valence-electron chi connectivity index (χ1n) is 7.98. The third-order valence-corrected chi connectivity index (χ3v) is 5.78. The van der Waals surface area contributed by atoms with Crippen LogP contribution < -0.4 is 15.8 Å². The Bertz CT molecular complexity index is 550. The van der Waals surface area contributed by atoms with Crippen LogP contribution in [0.3, 0.4) is 0 Å². The topological polar surface area (TPSA) is 64.3 Å². The van der Waals surface area contributed by atoms with Crippen LogP contribution in [0.5, 0.6) is 5.75 Å². The van der Waals surface area contributed by atoms with E-state index in [1.165, 1.54) is 19.3 Å². The highest BCUT2D eigenvalue weighted by molar-refractivity contribution is 9.10. The number of fused-ring (bicyclic) bond motifs is 2. The number of amides is 1. The SMILES string of the molecule is COc1ccc(Br)c(C(=O)NC2C3CCCC2CC(N)C3)c1. The minimum absolute atomic E-state index is 0.0249. The number of nitrogens with one attached hydrogen (secondary N) is 1. The van der Waals surface area contributed by atoms with Crippen LogP contribution in [0.15, 0.2) is 22.7 Å². The number of benzene rings is 1. The standard InChI is InChI=1S/C17H23BrN2O2/c1-22-13-5-6-15(18)14(9-13)17(21)20-16-10-3-2-4-11(16)8-12(19)7-10/h5-6,9-12,16H,2-4,7-8,19H2,1H3,(H,20,21). The van der Waals surface area contributed by atoms with Gasteiger partial charge < -0.3 is 15.8 Å². The highest BCUT2D eigenvalue weighted by Gasteiger charge is 2.40. The number of halogens is 1. The summed E-state index contributed by atoms with van der Waals surface area (Å²) in [5.41, 5.74) is 6.79. The zero-order valence-electron chi connectivity index (χ0n) is 12.8. The molecular weight excluding hydrogens is 344 g/mol. The van der Waals surface area contributed by atoms with Crippen LogP contribution in [-0.2, 0) is 0 Å². The van der Waals surface area contributed by atoms with Crippen molar-refractivity contribution in [2.75, 3.05) is 7.11 Å². The molecule has 0 heterocycles. The average Bonchev–Trinajstić information content (AvgIpc) is 2.48. The molecule has 1 amide bonds. The van der Waals surface area contributed by atoms with Crippen molar-refractivity contribution in [1.29, 1.82) is 0 Å². The lowest BCUT2D eigenvalue weighted by molar-refractivity contribution is 0.0755. The van der Waals surface area contributed by atoms with Crippen LogP contribution in [0.2, 0.25) is 0 Å². The van der Waals surface area contributed by atoms with E-state index < -0.39 is 0 Å². The van der Waals surface area contributed by atoms with E-state index in [4.69, 9.17) is 10.5 Å². The number of nitrogens with two attached hydrogens (primary N) is 1. The molecule has 2 aliphatic carbocycles. The number of hydrogen-bond acceptors (Lipinski definition) is 3. The zero-order chi connectivity index (χ0) is 15.7. The molecule has 0 aromatic heterocycles. The first kappa shape index (κ1) is 15.8. The Morgan fingerprint density at radius 2 is 2.00 bits per heavy atom. The van der Waals surface area contributed by atoms with E-state index in [2.05, 4.69) is 21.2 Å². The fourth-order valence-electron chi connectivity index (χ4n) is 4.06. The number of methoxy groups -OCH3 is 1. The molecule has 2 saturated carbocycles. The van der Waals surface area contributed by atoms with Gasteiger partial charge in [0.15, 0.2) is 0 Å². The maximum absolute atomic E-state index is 12.7. The number of carbonyl (C=O) groups is 1. The molecule has 0 saturated heterocycles. The van der Waals surface area contributed by atoms with Crippen molar-refractivity contribution in [2.24, 2.45) is 17.6 Å². The first-order valence-corrected chi connectivity index (χ1v) is 8.77. The third-order valence-electron chi connectivity index (χ3n) is 5.09. The normalized spacial score (nSPS) is 30.7. The molecule has 2 aliphatic rings. The van der Waals surface area contributed by atoms with Crippen molar-refractivity contribution in [2.45, 2.75) is 44.2 Å². The minimum atomic E-state index is -0.0249. The predicted octanol–water partition coefficient (Wildman–Crippen LogP) is 3.09. The second-order valence-electron chi connectivity index (χ2n) is 6.53. The van der Waals surface area contributed by atoms with Crippen molar-refractivity contribution in [1.82, 2.24) is 5.32 Å². The summed E-state index contributed by atoms with van der Waals surface area (Å²) in [6, 6.07) is 6.04. The maximum Gasteiger partial charge on any atom is 0.252 e. The van der Waals surface area contributed by atoms with Gasteiger partial charge in [0.25, 0.3) is 5.91 Å². The number of hydrogen-bond donors (Lipinski definition) is 2. The zero-order valence-corrected chi connectivity index (χ0v) is 14.4. The van der Waals surface area contributed by atoms with Gasteiger partial charge in [-0.15, -0.1) is 0 Å². The quantitative estimate of drug-likeness (QED) is 0.863. The van der Waals surface area contributed by atoms with Crippen molar-refractivity contribution in [3.05, 3.63) is 28.2 Å². The van der Waals surface area contributed by atoms with Gasteiger partial charge in [0.1, 0.15) is 5.75 Å². The van der Waals surface area contributed by atoms with Gasteiger partial charge >= 0.3 is 0 Å². The van der Waals surface area contributed by atoms with Crippen LogP contribution in [0, 0.1) is 11.8 Å². The minimum Gasteiger partial charge on any atom is -0.497 e. The fourth-order valence-corrected chi connectivity index (χ4v) is 4.49. The van der Waals surface area contributed by atoms with Crippen LogP contribution in [0.4, 0.5) is 0 Å². The van der Waals surface area contributed by atoms with Crippen LogP contribution in [0.1, 0.15) is 42.5 Å². The summed E-state index contributed by atoms with van der Waals surface area (Å²) >= 11 is 3.46. The van der Waals surface area contributed by atoms with Gasteiger partial charge in [-0.05, 0) is 71.6 Å². The summed E-state index contributed by atoms with van der Waals surface area (Å²) in [5.74, 6) is 1.72. The summed E-state index contributed by atoms with van der Waals surface area (Å²) in [6.07, 6.45) is 5.67. The lowest BCUT2D eigenvalue weighted by atomic mass is 9.67. The molecule has 4 nitrogen and oxygen atoms in total. The molecule has 5 heteroatoms. The van der Waals surface area contributed by atoms with Crippen LogP contribution >= 0.6 is 15.9 Å². The second kappa shape index (κ2) is 6.59. The van der Waals surface area contributed by atoms with Crippen molar-refractivity contribution >= 4 is 21.8 Å². The van der Waals surface area contributed by atoms with Crippen LogP contribution in [0.25, 0.3) is 0 Å². The first-order chi connectivity index (χ1) is 10.6. The summed E-state index contributed by atoms with van der Waals surface area (Å²) < 4.78 is 6.02. The molecule has 0 spiro atoms. The summed E-state index contributed by atoms with van der Waals surface area (Å²) in [5, 5.41) is 3.27.